The van der Waals surface area contributed by atoms with Gasteiger partial charge in [-0.2, -0.15) is 0 Å². The molecule has 0 atom stereocenters. The molecule has 0 aromatic carbocycles. The van der Waals surface area contributed by atoms with Crippen molar-refractivity contribution >= 4 is 0 Å². The van der Waals surface area contributed by atoms with Gasteiger partial charge in [-0.15, -0.1) is 0 Å². The number of hydrogen-bond donors (Lipinski definition) is 1. The first-order chi connectivity index (χ1) is 17.4. The SMILES string of the molecule is CCCCCCCOCCOCCOCCOCCOCCOCCOCCOCCOCCO. The lowest BCUT2D eigenvalue weighted by Gasteiger charge is -2.09. The summed E-state index contributed by atoms with van der Waals surface area (Å²) < 4.78 is 48.6. The summed E-state index contributed by atoms with van der Waals surface area (Å²) in [6, 6.07) is 0. The fourth-order valence-corrected chi connectivity index (χ4v) is 2.73. The Morgan fingerprint density at radius 3 is 0.857 bits per heavy atom. The van der Waals surface area contributed by atoms with E-state index < -0.39 is 0 Å². The van der Waals surface area contributed by atoms with Crippen molar-refractivity contribution < 1.29 is 47.7 Å². The molecule has 10 nitrogen and oxygen atoms in total. The summed E-state index contributed by atoms with van der Waals surface area (Å²) in [5, 5.41) is 8.55. The number of aliphatic hydroxyl groups is 1. The number of ether oxygens (including phenoxy) is 9. The minimum absolute atomic E-state index is 0.0324. The molecule has 0 bridgehead atoms. The Morgan fingerprint density at radius 1 is 0.314 bits per heavy atom. The molecule has 10 heteroatoms. The molecular formula is C25H52O10. The van der Waals surface area contributed by atoms with Gasteiger partial charge < -0.3 is 47.7 Å². The third-order valence-corrected chi connectivity index (χ3v) is 4.60. The van der Waals surface area contributed by atoms with Crippen LogP contribution in [0.4, 0.5) is 0 Å². The van der Waals surface area contributed by atoms with Gasteiger partial charge in [-0.1, -0.05) is 32.6 Å². The molecule has 0 aromatic heterocycles. The molecule has 35 heavy (non-hydrogen) atoms. The van der Waals surface area contributed by atoms with Crippen molar-refractivity contribution in [2.24, 2.45) is 0 Å². The Balaban J connectivity index is 3.00. The first kappa shape index (κ1) is 34.6. The van der Waals surface area contributed by atoms with Crippen LogP contribution in [-0.2, 0) is 42.6 Å². The van der Waals surface area contributed by atoms with E-state index in [2.05, 4.69) is 6.92 Å². The standard InChI is InChI=1S/C25H52O10/c1-2-3-4-5-6-8-27-10-12-29-14-16-31-18-20-33-22-24-35-25-23-34-21-19-32-17-15-30-13-11-28-9-7-26/h26H,2-25H2,1H3. The lowest BCUT2D eigenvalue weighted by molar-refractivity contribution is -0.0255. The number of aliphatic hydroxyl groups excluding tert-OH is 1. The maximum absolute atomic E-state index is 8.55. The van der Waals surface area contributed by atoms with Crippen LogP contribution in [-0.4, -0.2) is 131 Å². The summed E-state index contributed by atoms with van der Waals surface area (Å²) in [5.74, 6) is 0. The van der Waals surface area contributed by atoms with Gasteiger partial charge in [0.25, 0.3) is 0 Å². The summed E-state index contributed by atoms with van der Waals surface area (Å²) in [6.45, 7) is 12.1. The van der Waals surface area contributed by atoms with Crippen molar-refractivity contribution in [1.29, 1.82) is 0 Å². The van der Waals surface area contributed by atoms with Crippen molar-refractivity contribution in [2.75, 3.05) is 126 Å². The van der Waals surface area contributed by atoms with Gasteiger partial charge in [-0.05, 0) is 6.42 Å². The molecule has 212 valence electrons. The maximum Gasteiger partial charge on any atom is 0.0701 e. The van der Waals surface area contributed by atoms with Crippen molar-refractivity contribution in [2.45, 2.75) is 39.0 Å². The van der Waals surface area contributed by atoms with E-state index in [0.717, 1.165) is 13.0 Å². The summed E-state index contributed by atoms with van der Waals surface area (Å²) in [4.78, 5) is 0. The van der Waals surface area contributed by atoms with Crippen molar-refractivity contribution in [3.05, 3.63) is 0 Å². The van der Waals surface area contributed by atoms with E-state index in [4.69, 9.17) is 47.7 Å². The van der Waals surface area contributed by atoms with Crippen molar-refractivity contribution in [3.63, 3.8) is 0 Å². The molecule has 0 aliphatic carbocycles. The zero-order chi connectivity index (χ0) is 25.3. The second-order valence-corrected chi connectivity index (χ2v) is 7.65. The predicted molar refractivity (Wildman–Crippen MR) is 133 cm³/mol. The summed E-state index contributed by atoms with van der Waals surface area (Å²) in [5.41, 5.74) is 0. The normalized spacial score (nSPS) is 11.5. The van der Waals surface area contributed by atoms with E-state index >= 15 is 0 Å². The second-order valence-electron chi connectivity index (χ2n) is 7.65. The highest BCUT2D eigenvalue weighted by Gasteiger charge is 1.96. The predicted octanol–water partition coefficient (Wildman–Crippen LogP) is 2.10. The van der Waals surface area contributed by atoms with Crippen LogP contribution in [0.25, 0.3) is 0 Å². The minimum atomic E-state index is 0.0324. The van der Waals surface area contributed by atoms with Crippen molar-refractivity contribution in [3.8, 4) is 0 Å². The van der Waals surface area contributed by atoms with Crippen LogP contribution in [0, 0.1) is 0 Å². The Morgan fingerprint density at radius 2 is 0.571 bits per heavy atom. The second kappa shape index (κ2) is 33.6. The van der Waals surface area contributed by atoms with Gasteiger partial charge in [-0.3, -0.25) is 0 Å². The lowest BCUT2D eigenvalue weighted by atomic mass is 10.2. The Hall–Kier alpha value is -0.400. The molecule has 0 amide bonds. The fraction of sp³-hybridized carbons (Fsp3) is 1.00. The van der Waals surface area contributed by atoms with E-state index in [1.165, 1.54) is 25.7 Å². The zero-order valence-corrected chi connectivity index (χ0v) is 22.1. The lowest BCUT2D eigenvalue weighted by Crippen LogP contribution is -2.15. The molecular weight excluding hydrogens is 460 g/mol. The summed E-state index contributed by atoms with van der Waals surface area (Å²) in [6.07, 6.45) is 6.29. The minimum Gasteiger partial charge on any atom is -0.394 e. The third-order valence-electron chi connectivity index (χ3n) is 4.60. The van der Waals surface area contributed by atoms with E-state index in [1.807, 2.05) is 0 Å². The van der Waals surface area contributed by atoms with Gasteiger partial charge in [0.2, 0.25) is 0 Å². The number of rotatable bonds is 32. The van der Waals surface area contributed by atoms with E-state index in [9.17, 15) is 0 Å². The van der Waals surface area contributed by atoms with Gasteiger partial charge in [0.15, 0.2) is 0 Å². The van der Waals surface area contributed by atoms with E-state index in [0.29, 0.717) is 112 Å². The van der Waals surface area contributed by atoms with Crippen LogP contribution in [0.5, 0.6) is 0 Å². The van der Waals surface area contributed by atoms with Crippen molar-refractivity contribution in [1.82, 2.24) is 0 Å². The molecule has 0 fully saturated rings. The highest BCUT2D eigenvalue weighted by atomic mass is 16.6. The average molecular weight is 513 g/mol. The van der Waals surface area contributed by atoms with Crippen LogP contribution in [0.1, 0.15) is 39.0 Å². The zero-order valence-electron chi connectivity index (χ0n) is 22.1. The summed E-state index contributed by atoms with van der Waals surface area (Å²) >= 11 is 0. The molecule has 0 saturated carbocycles. The topological polar surface area (TPSA) is 103 Å². The van der Waals surface area contributed by atoms with Gasteiger partial charge >= 0.3 is 0 Å². The monoisotopic (exact) mass is 512 g/mol. The van der Waals surface area contributed by atoms with Gasteiger partial charge in [0.05, 0.1) is 119 Å². The van der Waals surface area contributed by atoms with Crippen LogP contribution in [0.3, 0.4) is 0 Å². The first-order valence-electron chi connectivity index (χ1n) is 13.2. The highest BCUT2D eigenvalue weighted by Crippen LogP contribution is 2.02. The number of hydrogen-bond acceptors (Lipinski definition) is 10. The largest absolute Gasteiger partial charge is 0.394 e. The molecule has 0 aliphatic heterocycles. The first-order valence-corrected chi connectivity index (χ1v) is 13.2. The number of unbranched alkanes of at least 4 members (excludes halogenated alkanes) is 4. The van der Waals surface area contributed by atoms with Crippen LogP contribution in [0.2, 0.25) is 0 Å². The van der Waals surface area contributed by atoms with E-state index in [1.54, 1.807) is 0 Å². The van der Waals surface area contributed by atoms with Gasteiger partial charge in [-0.25, -0.2) is 0 Å². The van der Waals surface area contributed by atoms with Crippen LogP contribution >= 0.6 is 0 Å². The van der Waals surface area contributed by atoms with Crippen LogP contribution < -0.4 is 0 Å². The smallest absolute Gasteiger partial charge is 0.0701 e. The summed E-state index contributed by atoms with van der Waals surface area (Å²) in [7, 11) is 0. The van der Waals surface area contributed by atoms with Crippen LogP contribution in [0.15, 0.2) is 0 Å². The molecule has 0 aliphatic rings. The molecule has 1 N–H and O–H groups in total. The molecule has 0 radical (unpaired) electrons. The third kappa shape index (κ3) is 33.6. The molecule has 0 unspecified atom stereocenters. The fourth-order valence-electron chi connectivity index (χ4n) is 2.73. The quantitative estimate of drug-likeness (QED) is 0.135. The Bertz CT molecular complexity index is 331. The maximum atomic E-state index is 8.55. The molecule has 0 aromatic rings. The average Bonchev–Trinajstić information content (AvgIpc) is 2.87. The molecule has 0 saturated heterocycles. The van der Waals surface area contributed by atoms with Gasteiger partial charge in [0, 0.05) is 6.61 Å². The van der Waals surface area contributed by atoms with Gasteiger partial charge in [0.1, 0.15) is 0 Å². The molecule has 0 heterocycles. The van der Waals surface area contributed by atoms with E-state index in [-0.39, 0.29) is 6.61 Å². The molecule has 0 spiro atoms. The molecule has 0 rings (SSSR count). The highest BCUT2D eigenvalue weighted by molar-refractivity contribution is 4.42. The Kier molecular flexibility index (Phi) is 33.2. The Labute approximate surface area is 212 Å².